The van der Waals surface area contributed by atoms with E-state index in [4.69, 9.17) is 5.14 Å². The van der Waals surface area contributed by atoms with E-state index in [0.29, 0.717) is 11.3 Å². The number of halogens is 1. The van der Waals surface area contributed by atoms with Crippen molar-refractivity contribution >= 4 is 10.0 Å². The number of sulfonamides is 1. The van der Waals surface area contributed by atoms with Gasteiger partial charge in [0.1, 0.15) is 5.82 Å². The predicted octanol–water partition coefficient (Wildman–Crippen LogP) is 1.43. The van der Waals surface area contributed by atoms with Crippen molar-refractivity contribution in [3.63, 3.8) is 0 Å². The van der Waals surface area contributed by atoms with Crippen LogP contribution in [-0.4, -0.2) is 28.3 Å². The highest BCUT2D eigenvalue weighted by Gasteiger charge is 2.14. The van der Waals surface area contributed by atoms with Gasteiger partial charge in [0.05, 0.1) is 10.6 Å². The smallest absolute Gasteiger partial charge is 0.333 e. The number of nitrogens with zero attached hydrogens (tertiary/aromatic N) is 3. The molecule has 0 fully saturated rings. The number of benzene rings is 2. The highest BCUT2D eigenvalue weighted by atomic mass is 32.2. The lowest BCUT2D eigenvalue weighted by Crippen LogP contribution is -2.12. The molecule has 0 amide bonds. The predicted molar refractivity (Wildman–Crippen MR) is 79.8 cm³/mol. The van der Waals surface area contributed by atoms with Gasteiger partial charge in [0.25, 0.3) is 0 Å². The molecule has 1 aromatic heterocycles. The zero-order chi connectivity index (χ0) is 16.6. The van der Waals surface area contributed by atoms with Crippen molar-refractivity contribution in [3.05, 3.63) is 54.3 Å². The molecule has 7 nitrogen and oxygen atoms in total. The summed E-state index contributed by atoms with van der Waals surface area (Å²) in [7, 11) is -3.80. The van der Waals surface area contributed by atoms with Gasteiger partial charge in [-0.05, 0) is 48.5 Å². The molecule has 0 saturated heterocycles. The van der Waals surface area contributed by atoms with E-state index < -0.39 is 21.9 Å². The van der Waals surface area contributed by atoms with Gasteiger partial charge in [0.2, 0.25) is 10.0 Å². The summed E-state index contributed by atoms with van der Waals surface area (Å²) in [6.45, 7) is 0. The van der Waals surface area contributed by atoms with Crippen LogP contribution in [0.25, 0.3) is 17.1 Å². The summed E-state index contributed by atoms with van der Waals surface area (Å²) in [6, 6.07) is 10.6. The molecule has 118 valence electrons. The first-order valence-corrected chi connectivity index (χ1v) is 7.94. The van der Waals surface area contributed by atoms with Crippen molar-refractivity contribution in [1.82, 2.24) is 14.8 Å². The summed E-state index contributed by atoms with van der Waals surface area (Å²) in [4.78, 5) is 3.85. The first-order chi connectivity index (χ1) is 10.8. The maximum atomic E-state index is 13.0. The molecule has 0 spiro atoms. The van der Waals surface area contributed by atoms with Crippen LogP contribution >= 0.6 is 0 Å². The lowest BCUT2D eigenvalue weighted by molar-refractivity contribution is 0.430. The van der Waals surface area contributed by atoms with Crippen LogP contribution < -0.4 is 5.14 Å². The van der Waals surface area contributed by atoms with E-state index in [2.05, 4.69) is 10.1 Å². The third kappa shape index (κ3) is 3.05. The molecule has 0 aliphatic rings. The van der Waals surface area contributed by atoms with Crippen molar-refractivity contribution in [3.8, 4) is 23.1 Å². The first-order valence-electron chi connectivity index (χ1n) is 6.40. The van der Waals surface area contributed by atoms with Crippen molar-refractivity contribution in [2.24, 2.45) is 5.14 Å². The van der Waals surface area contributed by atoms with Gasteiger partial charge in [0, 0.05) is 5.56 Å². The van der Waals surface area contributed by atoms with E-state index in [0.717, 1.165) is 0 Å². The van der Waals surface area contributed by atoms with E-state index in [1.807, 2.05) is 0 Å². The molecule has 2 aromatic carbocycles. The monoisotopic (exact) mass is 334 g/mol. The zero-order valence-corrected chi connectivity index (χ0v) is 12.4. The third-order valence-corrected chi connectivity index (χ3v) is 4.04. The Labute approximate surface area is 130 Å². The number of primary sulfonamides is 1. The SMILES string of the molecule is NS(=O)(=O)c1ccc(-n2nc(O)nc2-c2ccc(F)cc2)cc1. The Morgan fingerprint density at radius 3 is 2.22 bits per heavy atom. The number of hydrogen-bond donors (Lipinski definition) is 2. The Bertz CT molecular complexity index is 951. The molecule has 0 bridgehead atoms. The molecule has 0 unspecified atom stereocenters. The second kappa shape index (κ2) is 5.45. The molecular weight excluding hydrogens is 323 g/mol. The second-order valence-electron chi connectivity index (χ2n) is 4.69. The van der Waals surface area contributed by atoms with E-state index in [1.165, 1.54) is 53.2 Å². The van der Waals surface area contributed by atoms with E-state index >= 15 is 0 Å². The maximum Gasteiger partial charge on any atom is 0.333 e. The van der Waals surface area contributed by atoms with E-state index in [1.54, 1.807) is 0 Å². The molecule has 1 heterocycles. The zero-order valence-electron chi connectivity index (χ0n) is 11.6. The number of rotatable bonds is 3. The van der Waals surface area contributed by atoms with Gasteiger partial charge in [-0.3, -0.25) is 0 Å². The third-order valence-electron chi connectivity index (χ3n) is 3.11. The quantitative estimate of drug-likeness (QED) is 0.752. The van der Waals surface area contributed by atoms with Crippen molar-refractivity contribution in [2.45, 2.75) is 4.90 Å². The summed E-state index contributed by atoms with van der Waals surface area (Å²) < 4.78 is 36.9. The first kappa shape index (κ1) is 15.1. The van der Waals surface area contributed by atoms with Crippen LogP contribution in [0, 0.1) is 5.82 Å². The van der Waals surface area contributed by atoms with Crippen molar-refractivity contribution in [1.29, 1.82) is 0 Å². The summed E-state index contributed by atoms with van der Waals surface area (Å²) >= 11 is 0. The highest BCUT2D eigenvalue weighted by Crippen LogP contribution is 2.23. The minimum absolute atomic E-state index is 0.0473. The molecule has 0 radical (unpaired) electrons. The molecule has 3 N–H and O–H groups in total. The standard InChI is InChI=1S/C14H11FN4O3S/c15-10-3-1-9(2-4-10)13-17-14(20)18-19(13)11-5-7-12(8-6-11)23(16,21)22/h1-8H,(H,18,20)(H2,16,21,22). The Hall–Kier alpha value is -2.78. The molecule has 0 atom stereocenters. The summed E-state index contributed by atoms with van der Waals surface area (Å²) in [5.74, 6) is -0.118. The molecule has 0 saturated carbocycles. The molecular formula is C14H11FN4O3S. The molecule has 0 aliphatic carbocycles. The highest BCUT2D eigenvalue weighted by molar-refractivity contribution is 7.89. The minimum Gasteiger partial charge on any atom is -0.478 e. The van der Waals surface area contributed by atoms with Gasteiger partial charge >= 0.3 is 6.01 Å². The van der Waals surface area contributed by atoms with Gasteiger partial charge in [-0.1, -0.05) is 0 Å². The van der Waals surface area contributed by atoms with Crippen molar-refractivity contribution < 1.29 is 17.9 Å². The average Bonchev–Trinajstić information content (AvgIpc) is 2.89. The molecule has 9 heteroatoms. The van der Waals surface area contributed by atoms with Crippen LogP contribution in [0.4, 0.5) is 4.39 Å². The van der Waals surface area contributed by atoms with Crippen LogP contribution in [0.15, 0.2) is 53.4 Å². The molecule has 3 rings (SSSR count). The molecule has 23 heavy (non-hydrogen) atoms. The molecule has 3 aromatic rings. The van der Waals surface area contributed by atoms with Crippen LogP contribution in [0.3, 0.4) is 0 Å². The Morgan fingerprint density at radius 2 is 1.65 bits per heavy atom. The fraction of sp³-hybridized carbons (Fsp3) is 0. The van der Waals surface area contributed by atoms with Gasteiger partial charge < -0.3 is 5.11 Å². The van der Waals surface area contributed by atoms with E-state index in [9.17, 15) is 17.9 Å². The summed E-state index contributed by atoms with van der Waals surface area (Å²) in [6.07, 6.45) is 0. The lowest BCUT2D eigenvalue weighted by Gasteiger charge is -2.06. The van der Waals surface area contributed by atoms with Gasteiger partial charge in [-0.2, -0.15) is 4.98 Å². The fourth-order valence-corrected chi connectivity index (χ4v) is 2.56. The van der Waals surface area contributed by atoms with Crippen LogP contribution in [0.1, 0.15) is 0 Å². The summed E-state index contributed by atoms with van der Waals surface area (Å²) in [5, 5.41) is 18.5. The number of nitrogens with two attached hydrogens (primary N) is 1. The lowest BCUT2D eigenvalue weighted by atomic mass is 10.2. The van der Waals surface area contributed by atoms with Crippen LogP contribution in [0.5, 0.6) is 6.01 Å². The maximum absolute atomic E-state index is 13.0. The second-order valence-corrected chi connectivity index (χ2v) is 6.25. The molecule has 0 aliphatic heterocycles. The van der Waals surface area contributed by atoms with Crippen LogP contribution in [0.2, 0.25) is 0 Å². The van der Waals surface area contributed by atoms with Crippen molar-refractivity contribution in [2.75, 3.05) is 0 Å². The van der Waals surface area contributed by atoms with Gasteiger partial charge in [0.15, 0.2) is 5.82 Å². The topological polar surface area (TPSA) is 111 Å². The average molecular weight is 334 g/mol. The Balaban J connectivity index is 2.09. The largest absolute Gasteiger partial charge is 0.478 e. The Kier molecular flexibility index (Phi) is 3.58. The van der Waals surface area contributed by atoms with Gasteiger partial charge in [-0.25, -0.2) is 22.6 Å². The van der Waals surface area contributed by atoms with Crippen LogP contribution in [-0.2, 0) is 10.0 Å². The minimum atomic E-state index is -3.80. The number of hydrogen-bond acceptors (Lipinski definition) is 5. The summed E-state index contributed by atoms with van der Waals surface area (Å²) in [5.41, 5.74) is 0.999. The Morgan fingerprint density at radius 1 is 1.04 bits per heavy atom. The van der Waals surface area contributed by atoms with Gasteiger partial charge in [-0.15, -0.1) is 5.10 Å². The normalized spacial score (nSPS) is 11.6. The number of aromatic nitrogens is 3. The van der Waals surface area contributed by atoms with E-state index in [-0.39, 0.29) is 10.7 Å². The number of aromatic hydroxyl groups is 1. The fourth-order valence-electron chi connectivity index (χ4n) is 2.04.